The molecule has 0 saturated heterocycles. The second-order valence-corrected chi connectivity index (χ2v) is 17.0. The van der Waals surface area contributed by atoms with Gasteiger partial charge in [0.25, 0.3) is 0 Å². The van der Waals surface area contributed by atoms with Crippen LogP contribution in [0.2, 0.25) is 0 Å². The van der Waals surface area contributed by atoms with Gasteiger partial charge in [-0.25, -0.2) is 0 Å². The molecule has 0 spiro atoms. The van der Waals surface area contributed by atoms with Gasteiger partial charge in [0, 0.05) is 19.3 Å². The Balaban J connectivity index is 4.50. The molecule has 6 nitrogen and oxygen atoms in total. The van der Waals surface area contributed by atoms with Crippen molar-refractivity contribution >= 4 is 17.9 Å². The summed E-state index contributed by atoms with van der Waals surface area (Å²) in [5.41, 5.74) is 0. The van der Waals surface area contributed by atoms with Crippen LogP contribution in [-0.4, -0.2) is 37.2 Å². The average molecular weight is 889 g/mol. The Hall–Kier alpha value is -3.67. The molecule has 0 bridgehead atoms. The normalized spacial score (nSPS) is 12.9. The van der Waals surface area contributed by atoms with Crippen LogP contribution >= 0.6 is 0 Å². The van der Waals surface area contributed by atoms with Crippen LogP contribution in [0.15, 0.2) is 97.2 Å². The Labute approximate surface area is 394 Å². The molecule has 0 aliphatic heterocycles. The number of rotatable bonds is 46. The Kier molecular flexibility index (Phi) is 49.0. The Morgan fingerprint density at radius 2 is 0.609 bits per heavy atom. The van der Waals surface area contributed by atoms with Gasteiger partial charge < -0.3 is 14.2 Å². The number of hydrogen-bond acceptors (Lipinski definition) is 6. The van der Waals surface area contributed by atoms with Crippen LogP contribution < -0.4 is 0 Å². The number of carbonyl (C=O) groups is 3. The van der Waals surface area contributed by atoms with Crippen molar-refractivity contribution in [2.75, 3.05) is 13.2 Å². The van der Waals surface area contributed by atoms with Gasteiger partial charge in [0.2, 0.25) is 0 Å². The van der Waals surface area contributed by atoms with E-state index < -0.39 is 6.10 Å². The van der Waals surface area contributed by atoms with Crippen LogP contribution in [0, 0.1) is 0 Å². The first kappa shape index (κ1) is 60.3. The number of hydrogen-bond donors (Lipinski definition) is 0. The van der Waals surface area contributed by atoms with Gasteiger partial charge in [0.1, 0.15) is 13.2 Å². The van der Waals surface area contributed by atoms with Crippen molar-refractivity contribution < 1.29 is 28.6 Å². The van der Waals surface area contributed by atoms with E-state index in [4.69, 9.17) is 14.2 Å². The van der Waals surface area contributed by atoms with Gasteiger partial charge in [-0.1, -0.05) is 195 Å². The number of unbranched alkanes of at least 4 members (excludes halogenated alkanes) is 19. The summed E-state index contributed by atoms with van der Waals surface area (Å²) in [6.45, 7) is 6.35. The van der Waals surface area contributed by atoms with Gasteiger partial charge in [0.05, 0.1) is 0 Å². The predicted octanol–water partition coefficient (Wildman–Crippen LogP) is 17.4. The van der Waals surface area contributed by atoms with E-state index in [1.54, 1.807) is 0 Å². The van der Waals surface area contributed by atoms with Crippen molar-refractivity contribution in [2.24, 2.45) is 0 Å². The van der Waals surface area contributed by atoms with Crippen molar-refractivity contribution in [2.45, 2.75) is 239 Å². The molecular weight excluding hydrogens is 793 g/mol. The van der Waals surface area contributed by atoms with E-state index >= 15 is 0 Å². The summed E-state index contributed by atoms with van der Waals surface area (Å²) < 4.78 is 16.8. The quantitative estimate of drug-likeness (QED) is 0.0262. The molecule has 364 valence electrons. The zero-order valence-corrected chi connectivity index (χ0v) is 41.5. The summed E-state index contributed by atoms with van der Waals surface area (Å²) in [6, 6.07) is 0. The highest BCUT2D eigenvalue weighted by atomic mass is 16.6. The van der Waals surface area contributed by atoms with Crippen molar-refractivity contribution in [3.05, 3.63) is 97.2 Å². The van der Waals surface area contributed by atoms with E-state index in [9.17, 15) is 14.4 Å². The largest absolute Gasteiger partial charge is 0.462 e. The monoisotopic (exact) mass is 889 g/mol. The fourth-order valence-corrected chi connectivity index (χ4v) is 6.91. The molecule has 6 heteroatoms. The molecule has 0 N–H and O–H groups in total. The summed E-state index contributed by atoms with van der Waals surface area (Å²) in [7, 11) is 0. The van der Waals surface area contributed by atoms with Crippen molar-refractivity contribution in [3.63, 3.8) is 0 Å². The molecule has 64 heavy (non-hydrogen) atoms. The van der Waals surface area contributed by atoms with Gasteiger partial charge >= 0.3 is 17.9 Å². The van der Waals surface area contributed by atoms with E-state index in [1.807, 2.05) is 0 Å². The number of ether oxygens (including phenoxy) is 3. The fraction of sp³-hybridized carbons (Fsp3) is 0.672. The molecule has 1 unspecified atom stereocenters. The zero-order chi connectivity index (χ0) is 46.5. The van der Waals surface area contributed by atoms with Crippen LogP contribution in [0.1, 0.15) is 233 Å². The van der Waals surface area contributed by atoms with Gasteiger partial charge in [0.15, 0.2) is 6.10 Å². The third-order valence-electron chi connectivity index (χ3n) is 10.8. The number of esters is 3. The van der Waals surface area contributed by atoms with E-state index in [1.165, 1.54) is 57.8 Å². The molecule has 0 fully saturated rings. The van der Waals surface area contributed by atoms with Gasteiger partial charge in [-0.15, -0.1) is 0 Å². The van der Waals surface area contributed by atoms with Crippen molar-refractivity contribution in [1.82, 2.24) is 0 Å². The maximum absolute atomic E-state index is 12.8. The molecule has 0 saturated carbocycles. The Bertz CT molecular complexity index is 1300. The highest BCUT2D eigenvalue weighted by Crippen LogP contribution is 2.13. The molecule has 0 aromatic carbocycles. The van der Waals surface area contributed by atoms with Crippen LogP contribution in [0.5, 0.6) is 0 Å². The molecule has 0 heterocycles. The lowest BCUT2D eigenvalue weighted by atomic mass is 10.1. The molecule has 0 aliphatic carbocycles. The van der Waals surface area contributed by atoms with E-state index in [-0.39, 0.29) is 31.1 Å². The Morgan fingerprint density at radius 1 is 0.328 bits per heavy atom. The number of carbonyl (C=O) groups excluding carboxylic acids is 3. The molecule has 0 radical (unpaired) electrons. The van der Waals surface area contributed by atoms with Gasteiger partial charge in [-0.2, -0.15) is 0 Å². The van der Waals surface area contributed by atoms with Gasteiger partial charge in [-0.3, -0.25) is 14.4 Å². The second kappa shape index (κ2) is 52.0. The summed E-state index contributed by atoms with van der Waals surface area (Å²) in [5, 5.41) is 0. The smallest absolute Gasteiger partial charge is 0.306 e. The third-order valence-corrected chi connectivity index (χ3v) is 10.8. The number of allylic oxidation sites excluding steroid dienone is 16. The maximum atomic E-state index is 12.8. The highest BCUT2D eigenvalue weighted by Gasteiger charge is 2.19. The highest BCUT2D eigenvalue weighted by molar-refractivity contribution is 5.71. The molecule has 0 aromatic rings. The molecular formula is C58H96O6. The van der Waals surface area contributed by atoms with Crippen LogP contribution in [0.4, 0.5) is 0 Å². The predicted molar refractivity (Wildman–Crippen MR) is 274 cm³/mol. The van der Waals surface area contributed by atoms with Crippen LogP contribution in [-0.2, 0) is 28.6 Å². The molecule has 0 aromatic heterocycles. The SMILES string of the molecule is CC/C=C\C/C=C\C/C=C\C/C=C\CCCCCC(=O)OCC(COC(=O)CCCCC/C=C\CCCCCCCCC)OC(=O)CCCCCCCC/C=C\C/C=C\C/C=C\CC. The average Bonchev–Trinajstić information content (AvgIpc) is 3.29. The lowest BCUT2D eigenvalue weighted by Gasteiger charge is -2.18. The minimum Gasteiger partial charge on any atom is -0.462 e. The van der Waals surface area contributed by atoms with E-state index in [0.717, 1.165) is 135 Å². The first-order valence-corrected chi connectivity index (χ1v) is 26.2. The fourth-order valence-electron chi connectivity index (χ4n) is 6.91. The van der Waals surface area contributed by atoms with Crippen LogP contribution in [0.25, 0.3) is 0 Å². The van der Waals surface area contributed by atoms with E-state index in [0.29, 0.717) is 19.3 Å². The lowest BCUT2D eigenvalue weighted by Crippen LogP contribution is -2.30. The summed E-state index contributed by atoms with van der Waals surface area (Å²) >= 11 is 0. The maximum Gasteiger partial charge on any atom is 0.306 e. The van der Waals surface area contributed by atoms with E-state index in [2.05, 4.69) is 118 Å². The minimum absolute atomic E-state index is 0.102. The first-order valence-electron chi connectivity index (χ1n) is 26.2. The standard InChI is InChI=1S/C58H96O6/c1-4-7-10-13-16-19-22-25-28-30-33-36-39-42-45-48-51-57(60)63-54-55(53-62-56(59)50-47-44-41-38-35-32-27-24-21-18-15-12-9-6-3)64-58(61)52-49-46-43-40-37-34-31-29-26-23-20-17-14-11-8-5-2/h7-8,10-11,16-17,19-20,25-26,28-29,32-33,35-36,55H,4-6,9,12-15,18,21-24,27,30-31,34,37-54H2,1-3H3/b10-7-,11-8-,19-16-,20-17-,28-25-,29-26-,35-32-,36-33-. The Morgan fingerprint density at radius 3 is 0.984 bits per heavy atom. The van der Waals surface area contributed by atoms with Crippen LogP contribution in [0.3, 0.4) is 0 Å². The summed E-state index contributed by atoms with van der Waals surface area (Å²) in [6.07, 6.45) is 68.2. The first-order chi connectivity index (χ1) is 31.5. The molecule has 1 atom stereocenters. The topological polar surface area (TPSA) is 78.9 Å². The molecule has 0 rings (SSSR count). The second-order valence-electron chi connectivity index (χ2n) is 17.0. The van der Waals surface area contributed by atoms with Crippen molar-refractivity contribution in [3.8, 4) is 0 Å². The lowest BCUT2D eigenvalue weighted by molar-refractivity contribution is -0.167. The third kappa shape index (κ3) is 49.3. The molecule has 0 aliphatic rings. The summed E-state index contributed by atoms with van der Waals surface area (Å²) in [5.74, 6) is -0.964. The van der Waals surface area contributed by atoms with Gasteiger partial charge in [-0.05, 0) is 116 Å². The molecule has 0 amide bonds. The minimum atomic E-state index is -0.804. The summed E-state index contributed by atoms with van der Waals surface area (Å²) in [4.78, 5) is 38.0. The van der Waals surface area contributed by atoms with Crippen molar-refractivity contribution in [1.29, 1.82) is 0 Å². The zero-order valence-electron chi connectivity index (χ0n) is 41.5.